The Balaban J connectivity index is 1.93. The first kappa shape index (κ1) is 14.8. The van der Waals surface area contributed by atoms with Gasteiger partial charge in [-0.15, -0.1) is 0 Å². The van der Waals surface area contributed by atoms with Gasteiger partial charge in [0.2, 0.25) is 0 Å². The van der Waals surface area contributed by atoms with Crippen LogP contribution in [0.3, 0.4) is 0 Å². The molecule has 2 fully saturated rings. The summed E-state index contributed by atoms with van der Waals surface area (Å²) in [5, 5.41) is 7.44. The fourth-order valence-corrected chi connectivity index (χ4v) is 3.39. The highest BCUT2D eigenvalue weighted by atomic mass is 16.5. The number of hydrogen-bond acceptors (Lipinski definition) is 3. The van der Waals surface area contributed by atoms with E-state index in [1.807, 2.05) is 0 Å². The molecule has 1 heterocycles. The summed E-state index contributed by atoms with van der Waals surface area (Å²) in [5.41, 5.74) is 5.73. The van der Waals surface area contributed by atoms with Gasteiger partial charge in [0.1, 0.15) is 0 Å². The molecule has 2 aliphatic rings. The Morgan fingerprint density at radius 1 is 1.47 bits per heavy atom. The lowest BCUT2D eigenvalue weighted by molar-refractivity contribution is -0.149. The van der Waals surface area contributed by atoms with Gasteiger partial charge >= 0.3 is 0 Å². The molecule has 4 heteroatoms. The van der Waals surface area contributed by atoms with Crippen molar-refractivity contribution in [2.75, 3.05) is 19.7 Å². The van der Waals surface area contributed by atoms with Crippen LogP contribution in [0.25, 0.3) is 0 Å². The Bertz CT molecular complexity index is 313. The standard InChI is InChI=1S/C15H29N3O/c1-12(2)11-18(8-4-14(16)17)13-5-9-19-15(10-13)6-3-7-15/h12-13H,3-11H2,1-2H3,(H3,16,17). The monoisotopic (exact) mass is 267 g/mol. The third-order valence-corrected chi connectivity index (χ3v) is 4.52. The van der Waals surface area contributed by atoms with E-state index >= 15 is 0 Å². The smallest absolute Gasteiger partial charge is 0.0918 e. The zero-order chi connectivity index (χ0) is 13.9. The molecule has 2 rings (SSSR count). The third-order valence-electron chi connectivity index (χ3n) is 4.52. The third kappa shape index (κ3) is 3.93. The maximum absolute atomic E-state index is 7.44. The van der Waals surface area contributed by atoms with Crippen molar-refractivity contribution in [1.29, 1.82) is 5.41 Å². The predicted molar refractivity (Wildman–Crippen MR) is 78.5 cm³/mol. The zero-order valence-corrected chi connectivity index (χ0v) is 12.5. The Labute approximate surface area is 117 Å². The van der Waals surface area contributed by atoms with Crippen LogP contribution in [-0.2, 0) is 4.74 Å². The quantitative estimate of drug-likeness (QED) is 0.573. The van der Waals surface area contributed by atoms with Crippen LogP contribution in [0.4, 0.5) is 0 Å². The van der Waals surface area contributed by atoms with E-state index in [0.29, 0.717) is 24.2 Å². The summed E-state index contributed by atoms with van der Waals surface area (Å²) in [7, 11) is 0. The molecule has 1 aliphatic heterocycles. The van der Waals surface area contributed by atoms with Crippen LogP contribution in [0.5, 0.6) is 0 Å². The van der Waals surface area contributed by atoms with E-state index in [-0.39, 0.29) is 5.60 Å². The summed E-state index contributed by atoms with van der Waals surface area (Å²) in [5.74, 6) is 0.964. The molecule has 0 aromatic rings. The lowest BCUT2D eigenvalue weighted by atomic mass is 9.73. The normalized spacial score (nSPS) is 25.8. The SMILES string of the molecule is CC(C)CN(CCC(=N)N)C1CCOC2(CCC2)C1. The topological polar surface area (TPSA) is 62.3 Å². The molecule has 1 saturated heterocycles. The molecule has 3 N–H and O–H groups in total. The molecule has 0 amide bonds. The van der Waals surface area contributed by atoms with Crippen LogP contribution in [0.15, 0.2) is 0 Å². The number of hydrogen-bond donors (Lipinski definition) is 2. The summed E-state index contributed by atoms with van der Waals surface area (Å²) in [4.78, 5) is 2.55. The second kappa shape index (κ2) is 6.23. The second-order valence-corrected chi connectivity index (χ2v) is 6.70. The van der Waals surface area contributed by atoms with Crippen molar-refractivity contribution in [2.24, 2.45) is 11.7 Å². The van der Waals surface area contributed by atoms with Gasteiger partial charge in [0, 0.05) is 32.2 Å². The molecule has 1 saturated carbocycles. The van der Waals surface area contributed by atoms with Gasteiger partial charge in [0.25, 0.3) is 0 Å². The summed E-state index contributed by atoms with van der Waals surface area (Å²) >= 11 is 0. The molecule has 110 valence electrons. The molecule has 4 nitrogen and oxygen atoms in total. The van der Waals surface area contributed by atoms with E-state index in [2.05, 4.69) is 18.7 Å². The van der Waals surface area contributed by atoms with Gasteiger partial charge in [-0.3, -0.25) is 10.3 Å². The van der Waals surface area contributed by atoms with E-state index in [9.17, 15) is 0 Å². The van der Waals surface area contributed by atoms with Gasteiger partial charge in [-0.2, -0.15) is 0 Å². The lowest BCUT2D eigenvalue weighted by Crippen LogP contribution is -2.53. The van der Waals surface area contributed by atoms with E-state index < -0.39 is 0 Å². The molecule has 1 unspecified atom stereocenters. The number of nitrogens with zero attached hydrogens (tertiary/aromatic N) is 1. The number of rotatable bonds is 6. The number of nitrogens with two attached hydrogens (primary N) is 1. The molecule has 0 bridgehead atoms. The van der Waals surface area contributed by atoms with Crippen LogP contribution in [-0.4, -0.2) is 42.1 Å². The molecule has 19 heavy (non-hydrogen) atoms. The molecule has 1 atom stereocenters. The van der Waals surface area contributed by atoms with E-state index in [1.165, 1.54) is 25.7 Å². The zero-order valence-electron chi connectivity index (χ0n) is 12.5. The van der Waals surface area contributed by atoms with Crippen LogP contribution in [0, 0.1) is 11.3 Å². The average molecular weight is 267 g/mol. The summed E-state index contributed by atoms with van der Waals surface area (Å²) in [6.07, 6.45) is 6.81. The number of amidine groups is 1. The van der Waals surface area contributed by atoms with Crippen LogP contribution < -0.4 is 5.73 Å². The van der Waals surface area contributed by atoms with Crippen molar-refractivity contribution in [3.63, 3.8) is 0 Å². The minimum absolute atomic E-state index is 0.203. The lowest BCUT2D eigenvalue weighted by Gasteiger charge is -2.50. The van der Waals surface area contributed by atoms with Crippen molar-refractivity contribution in [2.45, 2.75) is 64.0 Å². The minimum atomic E-state index is 0.203. The number of ether oxygens (including phenoxy) is 1. The minimum Gasteiger partial charge on any atom is -0.388 e. The Morgan fingerprint density at radius 2 is 2.21 bits per heavy atom. The van der Waals surface area contributed by atoms with Crippen LogP contribution >= 0.6 is 0 Å². The van der Waals surface area contributed by atoms with Gasteiger partial charge in [-0.1, -0.05) is 13.8 Å². The fourth-order valence-electron chi connectivity index (χ4n) is 3.39. The molecule has 1 spiro atoms. The maximum atomic E-state index is 7.44. The fraction of sp³-hybridized carbons (Fsp3) is 0.933. The van der Waals surface area contributed by atoms with E-state index in [1.54, 1.807) is 0 Å². The molecule has 0 aromatic heterocycles. The first-order valence-electron chi connectivity index (χ1n) is 7.72. The molecular weight excluding hydrogens is 238 g/mol. The second-order valence-electron chi connectivity index (χ2n) is 6.70. The van der Waals surface area contributed by atoms with Gasteiger partial charge in [-0.25, -0.2) is 0 Å². The Morgan fingerprint density at radius 3 is 2.74 bits per heavy atom. The van der Waals surface area contributed by atoms with E-state index in [4.69, 9.17) is 15.9 Å². The van der Waals surface area contributed by atoms with Crippen molar-refractivity contribution in [3.05, 3.63) is 0 Å². The van der Waals surface area contributed by atoms with Crippen molar-refractivity contribution < 1.29 is 4.74 Å². The molecule has 0 aromatic carbocycles. The highest BCUT2D eigenvalue weighted by Crippen LogP contribution is 2.43. The van der Waals surface area contributed by atoms with Gasteiger partial charge in [0.15, 0.2) is 0 Å². The number of nitrogens with one attached hydrogen (secondary N) is 1. The summed E-state index contributed by atoms with van der Waals surface area (Å²) < 4.78 is 6.02. The molecule has 1 aliphatic carbocycles. The van der Waals surface area contributed by atoms with Crippen molar-refractivity contribution in [3.8, 4) is 0 Å². The Kier molecular flexibility index (Phi) is 4.85. The molecular formula is C15H29N3O. The average Bonchev–Trinajstić information content (AvgIpc) is 2.32. The maximum Gasteiger partial charge on any atom is 0.0918 e. The molecule has 0 radical (unpaired) electrons. The summed E-state index contributed by atoms with van der Waals surface area (Å²) in [6.45, 7) is 7.46. The van der Waals surface area contributed by atoms with E-state index in [0.717, 1.165) is 26.1 Å². The predicted octanol–water partition coefficient (Wildman–Crippen LogP) is 2.37. The van der Waals surface area contributed by atoms with Crippen LogP contribution in [0.1, 0.15) is 52.4 Å². The summed E-state index contributed by atoms with van der Waals surface area (Å²) in [6, 6.07) is 0.621. The highest BCUT2D eigenvalue weighted by molar-refractivity contribution is 5.76. The first-order valence-corrected chi connectivity index (χ1v) is 7.72. The highest BCUT2D eigenvalue weighted by Gasteiger charge is 2.43. The van der Waals surface area contributed by atoms with Crippen molar-refractivity contribution >= 4 is 5.84 Å². The van der Waals surface area contributed by atoms with Crippen LogP contribution in [0.2, 0.25) is 0 Å². The first-order chi connectivity index (χ1) is 9.01. The van der Waals surface area contributed by atoms with Crippen molar-refractivity contribution in [1.82, 2.24) is 4.90 Å². The van der Waals surface area contributed by atoms with Gasteiger partial charge < -0.3 is 10.5 Å². The van der Waals surface area contributed by atoms with Gasteiger partial charge in [0.05, 0.1) is 11.4 Å². The Hall–Kier alpha value is -0.610. The largest absolute Gasteiger partial charge is 0.388 e. The van der Waals surface area contributed by atoms with Gasteiger partial charge in [-0.05, 0) is 38.0 Å².